The Labute approximate surface area is 63.8 Å². The van der Waals surface area contributed by atoms with Crippen LogP contribution >= 0.6 is 22.6 Å². The summed E-state index contributed by atoms with van der Waals surface area (Å²) in [5, 5.41) is 0. The summed E-state index contributed by atoms with van der Waals surface area (Å²) in [7, 11) is 0. The highest BCUT2D eigenvalue weighted by Gasteiger charge is 2.01. The van der Waals surface area contributed by atoms with Gasteiger partial charge in [0.05, 0.1) is 0 Å². The summed E-state index contributed by atoms with van der Waals surface area (Å²) in [5.41, 5.74) is 0. The second kappa shape index (κ2) is 2.67. The minimum atomic E-state index is 0.756. The molecular weight excluding hydrogens is 211 g/mol. The number of rotatable bonds is 0. The minimum absolute atomic E-state index is 0.756. The van der Waals surface area contributed by atoms with Crippen molar-refractivity contribution >= 4 is 22.6 Å². The lowest BCUT2D eigenvalue weighted by Gasteiger charge is -2.07. The van der Waals surface area contributed by atoms with E-state index in [9.17, 15) is 0 Å². The average Bonchev–Trinajstić information content (AvgIpc) is 1.64. The van der Waals surface area contributed by atoms with Crippen LogP contribution in [0, 0.1) is 5.92 Å². The van der Waals surface area contributed by atoms with Crippen LogP contribution in [0.15, 0.2) is 21.8 Å². The predicted octanol–water partition coefficient (Wildman–Crippen LogP) is 2.90. The highest BCUT2D eigenvalue weighted by Crippen LogP contribution is 2.22. The van der Waals surface area contributed by atoms with Crippen LogP contribution in [0.5, 0.6) is 0 Å². The van der Waals surface area contributed by atoms with Gasteiger partial charge in [-0.05, 0) is 38.5 Å². The molecule has 0 amide bonds. The molecule has 1 aliphatic rings. The Morgan fingerprint density at radius 3 is 2.88 bits per heavy atom. The lowest BCUT2D eigenvalue weighted by atomic mass is 10.0. The molecule has 0 saturated carbocycles. The van der Waals surface area contributed by atoms with Crippen molar-refractivity contribution in [1.82, 2.24) is 0 Å². The van der Waals surface area contributed by atoms with Crippen LogP contribution in [0.3, 0.4) is 0 Å². The van der Waals surface area contributed by atoms with Gasteiger partial charge >= 0.3 is 0 Å². The van der Waals surface area contributed by atoms with E-state index < -0.39 is 0 Å². The third-order valence-electron chi connectivity index (χ3n) is 1.23. The zero-order valence-electron chi connectivity index (χ0n) is 4.89. The van der Waals surface area contributed by atoms with Gasteiger partial charge in [0.1, 0.15) is 0 Å². The summed E-state index contributed by atoms with van der Waals surface area (Å²) in [5.74, 6) is 0.756. The topological polar surface area (TPSA) is 0 Å². The molecule has 0 fully saturated rings. The van der Waals surface area contributed by atoms with Gasteiger partial charge in [-0.3, -0.25) is 0 Å². The van der Waals surface area contributed by atoms with Crippen molar-refractivity contribution in [2.24, 2.45) is 5.92 Å². The quantitative estimate of drug-likeness (QED) is 0.550. The number of hydrogen-bond acceptors (Lipinski definition) is 0. The van der Waals surface area contributed by atoms with Gasteiger partial charge in [0.25, 0.3) is 0 Å². The molecule has 0 spiro atoms. The molecule has 0 nitrogen and oxygen atoms in total. The minimum Gasteiger partial charge on any atom is -0.0813 e. The molecule has 0 aromatic carbocycles. The molecule has 1 aliphatic carbocycles. The largest absolute Gasteiger partial charge is 0.0813 e. The van der Waals surface area contributed by atoms with Gasteiger partial charge in [-0.25, -0.2) is 0 Å². The standard InChI is InChI=1S/C7H9I/c1-6-3-2-4-7(8)5-6/h2-4,6H,5H2,1H3/t6-/m1/s1. The van der Waals surface area contributed by atoms with Crippen LogP contribution in [-0.2, 0) is 0 Å². The van der Waals surface area contributed by atoms with Crippen molar-refractivity contribution < 1.29 is 0 Å². The van der Waals surface area contributed by atoms with Crippen molar-refractivity contribution in [2.75, 3.05) is 0 Å². The highest BCUT2D eigenvalue weighted by atomic mass is 127. The number of halogens is 1. The van der Waals surface area contributed by atoms with Gasteiger partial charge in [0.15, 0.2) is 0 Å². The second-order valence-electron chi connectivity index (χ2n) is 2.18. The van der Waals surface area contributed by atoms with Crippen molar-refractivity contribution in [1.29, 1.82) is 0 Å². The fourth-order valence-corrected chi connectivity index (χ4v) is 1.70. The maximum Gasteiger partial charge on any atom is -0.00884 e. The second-order valence-corrected chi connectivity index (χ2v) is 3.57. The molecule has 8 heavy (non-hydrogen) atoms. The Bertz CT molecular complexity index is 133. The van der Waals surface area contributed by atoms with Crippen LogP contribution in [0.1, 0.15) is 13.3 Å². The van der Waals surface area contributed by atoms with Gasteiger partial charge in [-0.15, -0.1) is 0 Å². The molecule has 0 aliphatic heterocycles. The molecule has 1 atom stereocenters. The van der Waals surface area contributed by atoms with Crippen molar-refractivity contribution in [3.05, 3.63) is 21.8 Å². The highest BCUT2D eigenvalue weighted by molar-refractivity contribution is 14.1. The number of allylic oxidation sites excluding steroid dienone is 4. The molecule has 0 heterocycles. The summed E-state index contributed by atoms with van der Waals surface area (Å²) in [6, 6.07) is 0. The van der Waals surface area contributed by atoms with E-state index in [2.05, 4.69) is 47.7 Å². The zero-order chi connectivity index (χ0) is 5.98. The van der Waals surface area contributed by atoms with E-state index in [0.717, 1.165) is 5.92 Å². The maximum absolute atomic E-state index is 2.38. The molecule has 44 valence electrons. The maximum atomic E-state index is 2.38. The first-order valence-corrected chi connectivity index (χ1v) is 3.90. The van der Waals surface area contributed by atoms with Crippen molar-refractivity contribution in [3.63, 3.8) is 0 Å². The van der Waals surface area contributed by atoms with Gasteiger partial charge < -0.3 is 0 Å². The predicted molar refractivity (Wildman–Crippen MR) is 45.0 cm³/mol. The Kier molecular flexibility index (Phi) is 2.11. The van der Waals surface area contributed by atoms with Crippen LogP contribution in [0.4, 0.5) is 0 Å². The van der Waals surface area contributed by atoms with E-state index >= 15 is 0 Å². The van der Waals surface area contributed by atoms with E-state index in [-0.39, 0.29) is 0 Å². The smallest absolute Gasteiger partial charge is 0.00884 e. The Hall–Kier alpha value is 0.210. The van der Waals surface area contributed by atoms with Gasteiger partial charge in [0, 0.05) is 0 Å². The average molecular weight is 220 g/mol. The summed E-state index contributed by atoms with van der Waals surface area (Å²) in [6.45, 7) is 2.24. The first-order chi connectivity index (χ1) is 3.79. The van der Waals surface area contributed by atoms with Crippen LogP contribution < -0.4 is 0 Å². The summed E-state index contributed by atoms with van der Waals surface area (Å²) < 4.78 is 1.47. The molecule has 0 unspecified atom stereocenters. The third-order valence-corrected chi connectivity index (χ3v) is 2.03. The monoisotopic (exact) mass is 220 g/mol. The van der Waals surface area contributed by atoms with E-state index in [1.54, 1.807) is 0 Å². The molecule has 0 saturated heterocycles. The summed E-state index contributed by atoms with van der Waals surface area (Å²) in [4.78, 5) is 0. The molecule has 0 N–H and O–H groups in total. The van der Waals surface area contributed by atoms with Crippen LogP contribution in [0.2, 0.25) is 0 Å². The number of hydrogen-bond donors (Lipinski definition) is 0. The van der Waals surface area contributed by atoms with Crippen molar-refractivity contribution in [2.45, 2.75) is 13.3 Å². The van der Waals surface area contributed by atoms with Gasteiger partial charge in [-0.1, -0.05) is 25.2 Å². The molecular formula is C7H9I. The molecule has 0 aromatic rings. The van der Waals surface area contributed by atoms with E-state index in [1.807, 2.05) is 0 Å². The van der Waals surface area contributed by atoms with Crippen molar-refractivity contribution in [3.8, 4) is 0 Å². The summed E-state index contributed by atoms with van der Waals surface area (Å²) in [6.07, 6.45) is 7.77. The van der Waals surface area contributed by atoms with E-state index in [4.69, 9.17) is 0 Å². The fraction of sp³-hybridized carbons (Fsp3) is 0.429. The third kappa shape index (κ3) is 1.62. The zero-order valence-corrected chi connectivity index (χ0v) is 7.05. The van der Waals surface area contributed by atoms with Crippen LogP contribution in [-0.4, -0.2) is 0 Å². The molecule has 1 rings (SSSR count). The lowest BCUT2D eigenvalue weighted by Crippen LogP contribution is -1.91. The normalized spacial score (nSPS) is 27.8. The first-order valence-electron chi connectivity index (χ1n) is 2.82. The van der Waals surface area contributed by atoms with Gasteiger partial charge in [-0.2, -0.15) is 0 Å². The SMILES string of the molecule is C[C@@H]1C=CC=C(I)C1. The molecule has 0 aromatic heterocycles. The Morgan fingerprint density at radius 1 is 1.75 bits per heavy atom. The fourth-order valence-electron chi connectivity index (χ4n) is 0.793. The summed E-state index contributed by atoms with van der Waals surface area (Å²) >= 11 is 2.38. The van der Waals surface area contributed by atoms with Gasteiger partial charge in [0.2, 0.25) is 0 Å². The van der Waals surface area contributed by atoms with Crippen LogP contribution in [0.25, 0.3) is 0 Å². The first kappa shape index (κ1) is 6.33. The Morgan fingerprint density at radius 2 is 2.50 bits per heavy atom. The lowest BCUT2D eigenvalue weighted by molar-refractivity contribution is 0.733. The van der Waals surface area contributed by atoms with E-state index in [1.165, 1.54) is 10.0 Å². The van der Waals surface area contributed by atoms with E-state index in [0.29, 0.717) is 0 Å². The molecule has 0 radical (unpaired) electrons. The molecule has 0 bridgehead atoms. The Balaban J connectivity index is 2.59. The molecule has 1 heteroatoms.